The Balaban J connectivity index is 1.55. The van der Waals surface area contributed by atoms with Crippen LogP contribution < -0.4 is 11.0 Å². The molecule has 11 heteroatoms. The minimum absolute atomic E-state index is 0.577. The Labute approximate surface area is 261 Å². The Morgan fingerprint density at radius 2 is 0.778 bits per heavy atom. The van der Waals surface area contributed by atoms with Crippen molar-refractivity contribution < 1.29 is 6.15 Å². The van der Waals surface area contributed by atoms with Gasteiger partial charge in [-0.1, -0.05) is 0 Å². The summed E-state index contributed by atoms with van der Waals surface area (Å²) >= 11 is -4.95. The van der Waals surface area contributed by atoms with Crippen LogP contribution in [0.25, 0.3) is 21.5 Å². The number of hydrogen-bond acceptors (Lipinski definition) is 8. The normalized spacial score (nSPS) is 16.6. The topological polar surface area (TPSA) is 102 Å². The van der Waals surface area contributed by atoms with Crippen LogP contribution in [0.3, 0.4) is 0 Å². The molecule has 2 aromatic heterocycles. The number of rotatable bonds is 2. The van der Waals surface area contributed by atoms with Crippen molar-refractivity contribution in [1.82, 2.24) is 5.58 Å². The van der Waals surface area contributed by atoms with E-state index in [1.54, 1.807) is 14.2 Å². The van der Waals surface area contributed by atoms with Gasteiger partial charge in [0.05, 0.1) is 0 Å². The van der Waals surface area contributed by atoms with E-state index in [4.69, 9.17) is 36.1 Å². The molecule has 214 valence electrons. The van der Waals surface area contributed by atoms with Crippen LogP contribution in [0.1, 0.15) is 22.3 Å². The minimum atomic E-state index is -4.95. The summed E-state index contributed by atoms with van der Waals surface area (Å²) in [6, 6.07) is 32.4. The number of fused-ring (bicyclic) bond motifs is 14. The Bertz CT molecular complexity index is 2420. The second kappa shape index (κ2) is 9.00. The molecule has 10 nitrogen and oxygen atoms in total. The first-order valence-corrected chi connectivity index (χ1v) is 19.4. The van der Waals surface area contributed by atoms with Crippen LogP contribution in [0.15, 0.2) is 127 Å². The van der Waals surface area contributed by atoms with Crippen molar-refractivity contribution in [3.63, 3.8) is 0 Å². The van der Waals surface area contributed by atoms with Gasteiger partial charge in [-0.3, -0.25) is 0 Å². The SMILES string of the molecule is C[O][Sn]1([O]C)[n]2c3c4ccccc4c2N=C2N=C(N=c4c5ccccc5c([n]41)=NC1=NC(=N3)c3ccccc31)c1ccccc12. The summed E-state index contributed by atoms with van der Waals surface area (Å²) in [5.41, 5.74) is 4.96. The van der Waals surface area contributed by atoms with E-state index >= 15 is 0 Å². The monoisotopic (exact) mass is 694 g/mol. The molecule has 4 aliphatic heterocycles. The fourth-order valence-corrected chi connectivity index (χ4v) is 15.0. The first-order valence-electron chi connectivity index (χ1n) is 14.6. The van der Waals surface area contributed by atoms with Gasteiger partial charge >= 0.3 is 262 Å². The van der Waals surface area contributed by atoms with Gasteiger partial charge in [0.15, 0.2) is 0 Å². The summed E-state index contributed by atoms with van der Waals surface area (Å²) in [7, 11) is 3.41. The molecule has 0 radical (unpaired) electrons. The second-order valence-electron chi connectivity index (χ2n) is 11.1. The molecular formula is C34H22N8O2Sn. The van der Waals surface area contributed by atoms with Gasteiger partial charge in [-0.25, -0.2) is 0 Å². The van der Waals surface area contributed by atoms with E-state index in [1.807, 2.05) is 72.8 Å². The van der Waals surface area contributed by atoms with E-state index in [0.29, 0.717) is 46.0 Å². The predicted octanol–water partition coefficient (Wildman–Crippen LogP) is 4.66. The molecule has 0 aliphatic carbocycles. The summed E-state index contributed by atoms with van der Waals surface area (Å²) in [5.74, 6) is 3.63. The molecule has 0 fully saturated rings. The third-order valence-electron chi connectivity index (χ3n) is 8.85. The molecule has 0 amide bonds. The average Bonchev–Trinajstić information content (AvgIpc) is 3.80. The molecule has 4 aromatic carbocycles. The first-order chi connectivity index (χ1) is 22.2. The number of aliphatic imine (C=N–C) groups is 4. The molecule has 0 spiro atoms. The van der Waals surface area contributed by atoms with Crippen LogP contribution in [0, 0.1) is 0 Å². The maximum atomic E-state index is 6.74. The molecule has 6 heterocycles. The summed E-state index contributed by atoms with van der Waals surface area (Å²) in [6.45, 7) is 0. The van der Waals surface area contributed by atoms with Crippen molar-refractivity contribution in [1.29, 1.82) is 0 Å². The number of benzene rings is 4. The van der Waals surface area contributed by atoms with Crippen LogP contribution in [0.5, 0.6) is 0 Å². The zero-order valence-electron chi connectivity index (χ0n) is 24.1. The van der Waals surface area contributed by atoms with Crippen LogP contribution >= 0.6 is 0 Å². The van der Waals surface area contributed by atoms with Gasteiger partial charge in [-0.05, 0) is 0 Å². The fourth-order valence-electron chi connectivity index (χ4n) is 6.88. The van der Waals surface area contributed by atoms with Crippen LogP contribution in [-0.4, -0.2) is 62.9 Å². The zero-order chi connectivity index (χ0) is 29.9. The third-order valence-corrected chi connectivity index (χ3v) is 17.5. The van der Waals surface area contributed by atoms with Crippen LogP contribution in [0.2, 0.25) is 0 Å². The Kier molecular flexibility index (Phi) is 5.06. The molecule has 0 saturated carbocycles. The van der Waals surface area contributed by atoms with E-state index in [2.05, 4.69) is 29.8 Å². The molecule has 0 N–H and O–H groups in total. The Morgan fingerprint density at radius 1 is 0.422 bits per heavy atom. The number of aromatic nitrogens is 2. The van der Waals surface area contributed by atoms with Gasteiger partial charge in [0.25, 0.3) is 0 Å². The van der Waals surface area contributed by atoms with Crippen LogP contribution in [0.4, 0.5) is 11.6 Å². The van der Waals surface area contributed by atoms with E-state index in [0.717, 1.165) is 43.8 Å². The van der Waals surface area contributed by atoms with Gasteiger partial charge in [-0.15, -0.1) is 0 Å². The average molecular weight is 693 g/mol. The van der Waals surface area contributed by atoms with Crippen molar-refractivity contribution in [2.24, 2.45) is 30.0 Å². The van der Waals surface area contributed by atoms with Gasteiger partial charge < -0.3 is 0 Å². The third kappa shape index (κ3) is 3.20. The first kappa shape index (κ1) is 25.3. The van der Waals surface area contributed by atoms with Crippen molar-refractivity contribution in [2.75, 3.05) is 14.2 Å². The summed E-state index contributed by atoms with van der Waals surface area (Å²) in [5, 5.41) is 3.63. The Morgan fingerprint density at radius 3 is 1.18 bits per heavy atom. The fraction of sp³-hybridized carbons (Fsp3) is 0.0588. The molecule has 4 aliphatic rings. The van der Waals surface area contributed by atoms with Crippen molar-refractivity contribution in [3.05, 3.63) is 130 Å². The molecular weight excluding hydrogens is 671 g/mol. The molecule has 0 atom stereocenters. The second-order valence-corrected chi connectivity index (χ2v) is 19.1. The zero-order valence-corrected chi connectivity index (χ0v) is 27.0. The summed E-state index contributed by atoms with van der Waals surface area (Å²) < 4.78 is 17.7. The standard InChI is InChI=1S/C32H16N8.2CH3O.Sn/c1-2-10-18-17(9-1)25-33-26(18)38-28-21-13-5-6-14-22(21)30(35-28)40-32-24-16-8-7-15-23(24)31(36-32)39-29-20-12-4-3-11-19(20)27(34-29)37-25;2*1-2;/h1-16H;2*1H3;/q-2;2*-1;+4. The molecule has 0 unspecified atom stereocenters. The number of nitrogens with zero attached hydrogens (tertiary/aromatic N) is 8. The Hall–Kier alpha value is -5.04. The molecule has 45 heavy (non-hydrogen) atoms. The van der Waals surface area contributed by atoms with Gasteiger partial charge in [-0.2, -0.15) is 0 Å². The van der Waals surface area contributed by atoms with Gasteiger partial charge in [0.1, 0.15) is 0 Å². The molecule has 6 aromatic rings. The summed E-state index contributed by atoms with van der Waals surface area (Å²) in [6.07, 6.45) is 0. The van der Waals surface area contributed by atoms with Crippen molar-refractivity contribution >= 4 is 76.3 Å². The predicted molar refractivity (Wildman–Crippen MR) is 175 cm³/mol. The van der Waals surface area contributed by atoms with Crippen molar-refractivity contribution in [3.8, 4) is 0 Å². The molecule has 10 rings (SSSR count). The van der Waals surface area contributed by atoms with Gasteiger partial charge in [0, 0.05) is 0 Å². The summed E-state index contributed by atoms with van der Waals surface area (Å²) in [4.78, 5) is 31.3. The van der Waals surface area contributed by atoms with E-state index < -0.39 is 19.8 Å². The van der Waals surface area contributed by atoms with Crippen LogP contribution in [-0.2, 0) is 6.15 Å². The quantitative estimate of drug-likeness (QED) is 0.247. The number of amidine groups is 4. The van der Waals surface area contributed by atoms with E-state index in [1.165, 1.54) is 0 Å². The maximum absolute atomic E-state index is 6.74. The molecule has 6 bridgehead atoms. The molecule has 0 saturated heterocycles. The van der Waals surface area contributed by atoms with Crippen molar-refractivity contribution in [2.45, 2.75) is 0 Å². The number of hydrogen-bond donors (Lipinski definition) is 0. The van der Waals surface area contributed by atoms with E-state index in [-0.39, 0.29) is 0 Å². The van der Waals surface area contributed by atoms with Gasteiger partial charge in [0.2, 0.25) is 0 Å². The van der Waals surface area contributed by atoms with E-state index in [9.17, 15) is 0 Å².